The zero-order valence-electron chi connectivity index (χ0n) is 2.36. The third kappa shape index (κ3) is 1.16. The molecule has 0 fully saturated rings. The highest BCUT2D eigenvalue weighted by molar-refractivity contribution is 5.34. The predicted molar refractivity (Wildman–Crippen MR) is 14.7 cm³/mol. The van der Waals surface area contributed by atoms with Crippen LogP contribution in [0.15, 0.2) is 0 Å². The largest absolute Gasteiger partial charge is 0.473 e. The van der Waals surface area contributed by atoms with E-state index < -0.39 is 0 Å². The Bertz CT molecular complexity index is 11.5. The Balaban J connectivity index is 0. The van der Waals surface area contributed by atoms with E-state index in [0.717, 1.165) is 0 Å². The van der Waals surface area contributed by atoms with Gasteiger partial charge in [0, 0.05) is 0 Å². The third-order valence-corrected chi connectivity index (χ3v) is 0. The van der Waals surface area contributed by atoms with E-state index >= 15 is 0 Å². The van der Waals surface area contributed by atoms with Gasteiger partial charge < -0.3 is 5.11 Å². The van der Waals surface area contributed by atoms with Crippen LogP contribution < -0.4 is 0 Å². The van der Waals surface area contributed by atoms with Gasteiger partial charge in [-0.25, -0.2) is 4.79 Å². The van der Waals surface area contributed by atoms with Crippen LogP contribution in [0.2, 0.25) is 0 Å². The fourth-order valence-corrected chi connectivity index (χ4v) is 0. The molecule has 2 heteroatoms. The summed E-state index contributed by atoms with van der Waals surface area (Å²) in [5.41, 5.74) is 0. The molecule has 0 heterocycles. The maximum absolute atomic E-state index is 8.24. The number of rotatable bonds is 0. The first kappa shape index (κ1) is 9.80. The van der Waals surface area contributed by atoms with Gasteiger partial charge in [-0.1, -0.05) is 7.43 Å². The minimum absolute atomic E-state index is 0. The number of aliphatic hydroxyl groups excluding tert-OH is 1. The summed E-state index contributed by atoms with van der Waals surface area (Å²) in [5, 5.41) is 6.76. The van der Waals surface area contributed by atoms with E-state index in [9.17, 15) is 0 Å². The lowest BCUT2D eigenvalue weighted by atomic mass is 11.7. The topological polar surface area (TPSA) is 37.3 Å². The second kappa shape index (κ2) is 24.2. The molecule has 24 valence electrons. The Hall–Kier alpha value is -0.530. The summed E-state index contributed by atoms with van der Waals surface area (Å²) in [6, 6.07) is 0. The van der Waals surface area contributed by atoms with Crippen molar-refractivity contribution >= 4 is 6.47 Å². The van der Waals surface area contributed by atoms with Crippen molar-refractivity contribution in [1.82, 2.24) is 0 Å². The molecule has 2 radical (unpaired) electrons. The fourth-order valence-electron chi connectivity index (χ4n) is 0. The maximum Gasteiger partial charge on any atom is 0.414 e. The Morgan fingerprint density at radius 1 is 1.75 bits per heavy atom. The van der Waals surface area contributed by atoms with Crippen LogP contribution in [0.4, 0.5) is 0 Å². The molecule has 1 N–H and O–H groups in total. The molecular weight excluding hydrogens is 56.0 g/mol. The van der Waals surface area contributed by atoms with Crippen LogP contribution in [0.3, 0.4) is 0 Å². The average molecular weight is 60.1 g/mol. The van der Waals surface area contributed by atoms with Gasteiger partial charge in [0.1, 0.15) is 0 Å². The highest BCUT2D eigenvalue weighted by atomic mass is 16.3. The molecule has 0 bridgehead atoms. The lowest BCUT2D eigenvalue weighted by Gasteiger charge is -1.29. The molecular formula is C2H4O2. The lowest BCUT2D eigenvalue weighted by molar-refractivity contribution is 0.437. The van der Waals surface area contributed by atoms with Crippen molar-refractivity contribution in [3.63, 3.8) is 0 Å². The zero-order chi connectivity index (χ0) is 2.71. The first-order valence-corrected chi connectivity index (χ1v) is 0.428. The molecule has 0 saturated heterocycles. The van der Waals surface area contributed by atoms with Gasteiger partial charge in [0.25, 0.3) is 0 Å². The van der Waals surface area contributed by atoms with E-state index in [1.807, 2.05) is 0 Å². The van der Waals surface area contributed by atoms with Gasteiger partial charge in [-0.2, -0.15) is 0 Å². The highest BCUT2D eigenvalue weighted by Crippen LogP contribution is 0.973. The monoisotopic (exact) mass is 60.0 g/mol. The molecule has 0 atom stereocenters. The second-order valence-corrected chi connectivity index (χ2v) is 0.0913. The standard InChI is InChI=1S/CHO2.CH3/c2-1-3;/h(H,2,3);1H3. The van der Waals surface area contributed by atoms with Gasteiger partial charge in [0.05, 0.1) is 0 Å². The smallest absolute Gasteiger partial charge is 0.414 e. The molecule has 0 spiro atoms. The third-order valence-electron chi connectivity index (χ3n) is 0. The minimum atomic E-state index is 0. The predicted octanol–water partition coefficient (Wildman–Crippen LogP) is 0.0619. The van der Waals surface area contributed by atoms with Gasteiger partial charge in [-0.05, 0) is 0 Å². The van der Waals surface area contributed by atoms with E-state index in [1.54, 1.807) is 0 Å². The van der Waals surface area contributed by atoms with E-state index in [-0.39, 0.29) is 7.43 Å². The number of hydrogen-bond acceptors (Lipinski definition) is 1. The summed E-state index contributed by atoms with van der Waals surface area (Å²) in [5.74, 6) is 0. The summed E-state index contributed by atoms with van der Waals surface area (Å²) < 4.78 is 0. The molecule has 0 saturated carbocycles. The molecule has 0 aliphatic rings. The lowest BCUT2D eigenvalue weighted by Crippen LogP contribution is -1.48. The first-order valence-electron chi connectivity index (χ1n) is 0.428. The summed E-state index contributed by atoms with van der Waals surface area (Å²) in [6.45, 7) is 0.500. The minimum Gasteiger partial charge on any atom is -0.473 e. The second-order valence-electron chi connectivity index (χ2n) is 0.0913. The van der Waals surface area contributed by atoms with Crippen LogP contribution in [0, 0.1) is 7.43 Å². The first-order chi connectivity index (χ1) is 1.41. The van der Waals surface area contributed by atoms with Crippen molar-refractivity contribution in [2.24, 2.45) is 0 Å². The van der Waals surface area contributed by atoms with Crippen LogP contribution in [-0.2, 0) is 4.79 Å². The Labute approximate surface area is 25.1 Å². The molecule has 4 heavy (non-hydrogen) atoms. The van der Waals surface area contributed by atoms with Crippen LogP contribution in [0.5, 0.6) is 0 Å². The molecule has 0 unspecified atom stereocenters. The molecule has 2 nitrogen and oxygen atoms in total. The van der Waals surface area contributed by atoms with Gasteiger partial charge in [0.2, 0.25) is 0 Å². The maximum atomic E-state index is 8.24. The van der Waals surface area contributed by atoms with E-state index in [4.69, 9.17) is 9.90 Å². The van der Waals surface area contributed by atoms with Crippen LogP contribution >= 0.6 is 0 Å². The van der Waals surface area contributed by atoms with Crippen molar-refractivity contribution in [1.29, 1.82) is 0 Å². The van der Waals surface area contributed by atoms with E-state index in [1.165, 1.54) is 0 Å². The van der Waals surface area contributed by atoms with Crippen molar-refractivity contribution in [3.8, 4) is 0 Å². The molecule has 0 amide bonds. The molecule has 0 aromatic rings. The Kier molecular flexibility index (Phi) is 59.2. The Morgan fingerprint density at radius 2 is 1.75 bits per heavy atom. The Morgan fingerprint density at radius 3 is 1.75 bits per heavy atom. The molecule has 0 aromatic heterocycles. The molecule has 0 aliphatic heterocycles. The van der Waals surface area contributed by atoms with Gasteiger partial charge in [-0.15, -0.1) is 0 Å². The van der Waals surface area contributed by atoms with Crippen LogP contribution in [0.25, 0.3) is 0 Å². The van der Waals surface area contributed by atoms with E-state index in [2.05, 4.69) is 0 Å². The molecule has 0 aromatic carbocycles. The van der Waals surface area contributed by atoms with Crippen LogP contribution in [0.1, 0.15) is 0 Å². The molecule has 0 rings (SSSR count). The normalized spacial score (nSPS) is 3.00. The van der Waals surface area contributed by atoms with E-state index in [0.29, 0.717) is 6.47 Å². The molecule has 0 aliphatic carbocycles. The van der Waals surface area contributed by atoms with Crippen molar-refractivity contribution < 1.29 is 9.90 Å². The van der Waals surface area contributed by atoms with Gasteiger partial charge in [0.15, 0.2) is 0 Å². The number of hydrogen-bond donors (Lipinski definition) is 1. The van der Waals surface area contributed by atoms with Gasteiger partial charge >= 0.3 is 6.47 Å². The summed E-state index contributed by atoms with van der Waals surface area (Å²) in [7, 11) is 0. The highest BCUT2D eigenvalue weighted by Gasteiger charge is 1.30. The zero-order valence-corrected chi connectivity index (χ0v) is 2.36. The van der Waals surface area contributed by atoms with Crippen LogP contribution in [-0.4, -0.2) is 11.6 Å². The quantitative estimate of drug-likeness (QED) is 0.429. The van der Waals surface area contributed by atoms with Crippen molar-refractivity contribution in [2.45, 2.75) is 0 Å². The summed E-state index contributed by atoms with van der Waals surface area (Å²) >= 11 is 0. The average Bonchev–Trinajstić information content (AvgIpc) is 0.918. The van der Waals surface area contributed by atoms with Crippen molar-refractivity contribution in [2.75, 3.05) is 0 Å². The summed E-state index contributed by atoms with van der Waals surface area (Å²) in [4.78, 5) is 8.24. The van der Waals surface area contributed by atoms with Crippen molar-refractivity contribution in [3.05, 3.63) is 7.43 Å². The summed E-state index contributed by atoms with van der Waals surface area (Å²) in [6.07, 6.45) is 0. The SMILES string of the molecule is O=[C]O.[CH3]. The fraction of sp³-hybridized carbons (Fsp3) is 0. The van der Waals surface area contributed by atoms with Gasteiger partial charge in [-0.3, -0.25) is 0 Å².